The van der Waals surface area contributed by atoms with Crippen molar-refractivity contribution in [3.63, 3.8) is 0 Å². The highest BCUT2D eigenvalue weighted by molar-refractivity contribution is 6.30. The summed E-state index contributed by atoms with van der Waals surface area (Å²) in [6.45, 7) is 2.28. The van der Waals surface area contributed by atoms with E-state index in [1.807, 2.05) is 6.07 Å². The Morgan fingerprint density at radius 1 is 1.22 bits per heavy atom. The average molecular weight is 452 g/mol. The highest BCUT2D eigenvalue weighted by Gasteiger charge is 2.54. The number of fused-ring (bicyclic) bond motifs is 1. The van der Waals surface area contributed by atoms with Gasteiger partial charge in [-0.05, 0) is 38.0 Å². The van der Waals surface area contributed by atoms with E-state index in [1.165, 1.54) is 6.07 Å². The van der Waals surface area contributed by atoms with Crippen LogP contribution in [-0.2, 0) is 21.5 Å². The van der Waals surface area contributed by atoms with Crippen molar-refractivity contribution < 1.29 is 13.9 Å². The Balaban J connectivity index is 1.55. The van der Waals surface area contributed by atoms with Gasteiger partial charge in [-0.25, -0.2) is 24.0 Å². The molecule has 3 aromatic heterocycles. The standard InChI is InChI=1S/C23H19ClFN5O2/c1-2-32-22(31)23(9-10-23)16-12-27-20(28-19(16)24)18-15-7-5-11-26-21(15)30(29-18)13-14-6-3-4-8-17(14)25/h3-8,11-12H,2,9-10,13H2,1H3. The third kappa shape index (κ3) is 3.40. The zero-order chi connectivity index (χ0) is 22.3. The Morgan fingerprint density at radius 2 is 2.03 bits per heavy atom. The van der Waals surface area contributed by atoms with Gasteiger partial charge in [-0.1, -0.05) is 29.8 Å². The third-order valence-corrected chi connectivity index (χ3v) is 5.96. The van der Waals surface area contributed by atoms with Crippen LogP contribution in [-0.4, -0.2) is 37.3 Å². The second-order valence-corrected chi connectivity index (χ2v) is 8.03. The second-order valence-electron chi connectivity index (χ2n) is 7.67. The Kier molecular flexibility index (Phi) is 5.09. The van der Waals surface area contributed by atoms with Gasteiger partial charge >= 0.3 is 5.97 Å². The van der Waals surface area contributed by atoms with E-state index in [0.717, 1.165) is 5.39 Å². The quantitative estimate of drug-likeness (QED) is 0.320. The van der Waals surface area contributed by atoms with Crippen LogP contribution in [0.2, 0.25) is 5.15 Å². The van der Waals surface area contributed by atoms with Gasteiger partial charge in [-0.2, -0.15) is 5.10 Å². The molecule has 32 heavy (non-hydrogen) atoms. The molecular weight excluding hydrogens is 433 g/mol. The largest absolute Gasteiger partial charge is 0.465 e. The van der Waals surface area contributed by atoms with E-state index in [1.54, 1.807) is 48.3 Å². The first-order valence-electron chi connectivity index (χ1n) is 10.3. The van der Waals surface area contributed by atoms with Gasteiger partial charge in [0.25, 0.3) is 0 Å². The minimum absolute atomic E-state index is 0.196. The first-order chi connectivity index (χ1) is 15.5. The summed E-state index contributed by atoms with van der Waals surface area (Å²) in [4.78, 5) is 25.8. The Bertz CT molecular complexity index is 1340. The van der Waals surface area contributed by atoms with Gasteiger partial charge in [0.15, 0.2) is 11.5 Å². The van der Waals surface area contributed by atoms with Crippen LogP contribution in [0.25, 0.3) is 22.6 Å². The molecule has 9 heteroatoms. The number of esters is 1. The molecule has 0 saturated heterocycles. The molecule has 162 valence electrons. The third-order valence-electron chi connectivity index (χ3n) is 5.67. The molecule has 4 aromatic rings. The van der Waals surface area contributed by atoms with Crippen LogP contribution in [0.4, 0.5) is 4.39 Å². The van der Waals surface area contributed by atoms with Gasteiger partial charge < -0.3 is 4.74 Å². The van der Waals surface area contributed by atoms with E-state index in [4.69, 9.17) is 16.3 Å². The molecule has 0 spiro atoms. The fraction of sp³-hybridized carbons (Fsp3) is 0.261. The minimum atomic E-state index is -0.764. The van der Waals surface area contributed by atoms with E-state index in [-0.39, 0.29) is 23.5 Å². The fourth-order valence-corrected chi connectivity index (χ4v) is 4.16. The molecule has 0 amide bonds. The van der Waals surface area contributed by atoms with Crippen LogP contribution in [0.1, 0.15) is 30.9 Å². The van der Waals surface area contributed by atoms with Crippen molar-refractivity contribution in [3.05, 3.63) is 70.9 Å². The number of nitrogens with zero attached hydrogens (tertiary/aromatic N) is 5. The maximum atomic E-state index is 14.2. The van der Waals surface area contributed by atoms with Crippen molar-refractivity contribution in [2.24, 2.45) is 0 Å². The number of ether oxygens (including phenoxy) is 1. The summed E-state index contributed by atoms with van der Waals surface area (Å²) in [5.41, 5.74) is 1.36. The topological polar surface area (TPSA) is 82.8 Å². The molecule has 0 radical (unpaired) electrons. The molecule has 5 rings (SSSR count). The van der Waals surface area contributed by atoms with E-state index in [2.05, 4.69) is 20.1 Å². The number of hydrogen-bond acceptors (Lipinski definition) is 6. The van der Waals surface area contributed by atoms with Gasteiger partial charge in [-0.3, -0.25) is 4.79 Å². The Hall–Kier alpha value is -3.39. The lowest BCUT2D eigenvalue weighted by molar-refractivity contribution is -0.146. The highest BCUT2D eigenvalue weighted by Crippen LogP contribution is 2.51. The summed E-state index contributed by atoms with van der Waals surface area (Å²) in [5.74, 6) is -0.309. The summed E-state index contributed by atoms with van der Waals surface area (Å²) >= 11 is 6.50. The van der Waals surface area contributed by atoms with E-state index >= 15 is 0 Å². The van der Waals surface area contributed by atoms with Gasteiger partial charge in [0.1, 0.15) is 16.7 Å². The van der Waals surface area contributed by atoms with Gasteiger partial charge in [-0.15, -0.1) is 0 Å². The zero-order valence-corrected chi connectivity index (χ0v) is 18.0. The number of hydrogen-bond donors (Lipinski definition) is 0. The summed E-state index contributed by atoms with van der Waals surface area (Å²) in [6.07, 6.45) is 4.53. The average Bonchev–Trinajstić information content (AvgIpc) is 3.52. The van der Waals surface area contributed by atoms with E-state index < -0.39 is 5.41 Å². The predicted molar refractivity (Wildman–Crippen MR) is 117 cm³/mol. The summed E-state index contributed by atoms with van der Waals surface area (Å²) < 4.78 is 21.0. The number of carbonyl (C=O) groups excluding carboxylic acids is 1. The molecule has 1 fully saturated rings. The smallest absolute Gasteiger partial charge is 0.316 e. The van der Waals surface area contributed by atoms with Crippen LogP contribution in [0.15, 0.2) is 48.8 Å². The maximum Gasteiger partial charge on any atom is 0.316 e. The molecule has 7 nitrogen and oxygen atoms in total. The molecule has 1 aromatic carbocycles. The summed E-state index contributed by atoms with van der Waals surface area (Å²) in [5, 5.41) is 5.54. The van der Waals surface area contributed by atoms with Crippen molar-refractivity contribution in [1.29, 1.82) is 0 Å². The van der Waals surface area contributed by atoms with Gasteiger partial charge in [0.05, 0.1) is 24.0 Å². The van der Waals surface area contributed by atoms with Crippen LogP contribution < -0.4 is 0 Å². The fourth-order valence-electron chi connectivity index (χ4n) is 3.85. The first kappa shape index (κ1) is 20.5. The first-order valence-corrected chi connectivity index (χ1v) is 10.7. The molecule has 3 heterocycles. The molecule has 1 aliphatic rings. The molecule has 0 atom stereocenters. The molecule has 0 unspecified atom stereocenters. The van der Waals surface area contributed by atoms with Crippen LogP contribution in [0.5, 0.6) is 0 Å². The van der Waals surface area contributed by atoms with Crippen molar-refractivity contribution in [3.8, 4) is 11.5 Å². The molecule has 1 saturated carbocycles. The number of carbonyl (C=O) groups is 1. The van der Waals surface area contributed by atoms with Crippen molar-refractivity contribution in [2.45, 2.75) is 31.7 Å². The van der Waals surface area contributed by atoms with Gasteiger partial charge in [0.2, 0.25) is 0 Å². The Labute approximate surface area is 188 Å². The highest BCUT2D eigenvalue weighted by atomic mass is 35.5. The number of benzene rings is 1. The number of rotatable bonds is 6. The lowest BCUT2D eigenvalue weighted by Crippen LogP contribution is -2.24. The van der Waals surface area contributed by atoms with Crippen LogP contribution in [0, 0.1) is 5.82 Å². The monoisotopic (exact) mass is 451 g/mol. The zero-order valence-electron chi connectivity index (χ0n) is 17.3. The van der Waals surface area contributed by atoms with Crippen LogP contribution >= 0.6 is 11.6 Å². The molecule has 1 aliphatic carbocycles. The minimum Gasteiger partial charge on any atom is -0.465 e. The van der Waals surface area contributed by atoms with Crippen LogP contribution in [0.3, 0.4) is 0 Å². The van der Waals surface area contributed by atoms with E-state index in [9.17, 15) is 9.18 Å². The molecule has 0 aliphatic heterocycles. The molecule has 0 N–H and O–H groups in total. The number of halogens is 2. The maximum absolute atomic E-state index is 14.2. The second kappa shape index (κ2) is 7.94. The predicted octanol–water partition coefficient (Wildman–Crippen LogP) is 4.32. The lowest BCUT2D eigenvalue weighted by atomic mass is 9.99. The molecular formula is C23H19ClFN5O2. The summed E-state index contributed by atoms with van der Waals surface area (Å²) in [6, 6.07) is 10.2. The Morgan fingerprint density at radius 3 is 2.75 bits per heavy atom. The van der Waals surface area contributed by atoms with Crippen molar-refractivity contribution in [2.75, 3.05) is 6.61 Å². The number of aromatic nitrogens is 5. The van der Waals surface area contributed by atoms with E-state index in [0.29, 0.717) is 47.7 Å². The SMILES string of the molecule is CCOC(=O)C1(c2cnc(-c3nn(Cc4ccccc4F)c4ncccc34)nc2Cl)CC1. The number of pyridine rings is 1. The van der Waals surface area contributed by atoms with Crippen molar-refractivity contribution >= 4 is 28.6 Å². The normalized spacial score (nSPS) is 14.5. The van der Waals surface area contributed by atoms with Gasteiger partial charge in [0, 0.05) is 23.5 Å². The lowest BCUT2D eigenvalue weighted by Gasteiger charge is -2.15. The summed E-state index contributed by atoms with van der Waals surface area (Å²) in [7, 11) is 0. The van der Waals surface area contributed by atoms with Crippen molar-refractivity contribution in [1.82, 2.24) is 24.7 Å². The molecule has 0 bridgehead atoms.